The number of nitrogens with zero attached hydrogens (tertiary/aromatic N) is 1. The number of nitriles is 1. The zero-order valence-electron chi connectivity index (χ0n) is 6.86. The molecule has 1 aromatic carbocycles. The van der Waals surface area contributed by atoms with Crippen molar-refractivity contribution in [3.8, 4) is 6.07 Å². The Kier molecular flexibility index (Phi) is 5.48. The zero-order valence-corrected chi connectivity index (χ0v) is 8.86. The van der Waals surface area contributed by atoms with E-state index >= 15 is 0 Å². The molecule has 3 heteroatoms. The summed E-state index contributed by atoms with van der Waals surface area (Å²) in [6.07, 6.45) is 0.815. The van der Waals surface area contributed by atoms with Crippen molar-refractivity contribution in [1.82, 2.24) is 0 Å². The van der Waals surface area contributed by atoms with Gasteiger partial charge >= 0.3 is 0 Å². The van der Waals surface area contributed by atoms with Crippen LogP contribution in [0.1, 0.15) is 5.56 Å². The van der Waals surface area contributed by atoms with Crippen LogP contribution in [0.25, 0.3) is 5.57 Å². The second kappa shape index (κ2) is 5.84. The second-order valence-corrected chi connectivity index (χ2v) is 2.02. The van der Waals surface area contributed by atoms with Crippen molar-refractivity contribution in [2.24, 2.45) is 0 Å². The monoisotopic (exact) mass is 168 g/mol. The van der Waals surface area contributed by atoms with Crippen molar-refractivity contribution in [2.45, 2.75) is 0 Å². The van der Waals surface area contributed by atoms with E-state index in [1.807, 2.05) is 24.3 Å². The number of aliphatic hydroxyl groups is 1. The van der Waals surface area contributed by atoms with Gasteiger partial charge in [-0.05, 0) is 5.56 Å². The summed E-state index contributed by atoms with van der Waals surface area (Å²) in [5, 5.41) is 17.1. The number of benzene rings is 1. The predicted octanol–water partition coefficient (Wildman–Crippen LogP) is 1.73. The molecule has 12 heavy (non-hydrogen) atoms. The zero-order chi connectivity index (χ0) is 8.10. The van der Waals surface area contributed by atoms with Crippen LogP contribution in [0.15, 0.2) is 36.6 Å². The third kappa shape index (κ3) is 2.71. The van der Waals surface area contributed by atoms with Crippen LogP contribution < -0.4 is 0 Å². The average molecular weight is 168 g/mol. The first-order chi connectivity index (χ1) is 5.38. The first-order valence-corrected chi connectivity index (χ1v) is 3.18. The van der Waals surface area contributed by atoms with E-state index in [0.717, 1.165) is 11.8 Å². The molecule has 0 bridgehead atoms. The summed E-state index contributed by atoms with van der Waals surface area (Å²) in [7, 11) is 0. The molecule has 0 aliphatic heterocycles. The first-order valence-electron chi connectivity index (χ1n) is 3.18. The molecule has 0 spiro atoms. The molecule has 0 fully saturated rings. The molecule has 0 saturated heterocycles. The summed E-state index contributed by atoms with van der Waals surface area (Å²) in [6.45, 7) is 0. The molecule has 0 aromatic heterocycles. The standard InChI is InChI=1S/C9H7NO.Na/c10-6-9(7-11)8-4-2-1-3-5-8;/h1-5,7,11H;. The van der Waals surface area contributed by atoms with E-state index in [1.165, 1.54) is 0 Å². The third-order valence-corrected chi connectivity index (χ3v) is 1.33. The van der Waals surface area contributed by atoms with E-state index in [1.54, 1.807) is 12.1 Å². The fourth-order valence-corrected chi connectivity index (χ4v) is 0.786. The van der Waals surface area contributed by atoms with Crippen molar-refractivity contribution < 1.29 is 5.11 Å². The summed E-state index contributed by atoms with van der Waals surface area (Å²) in [5.41, 5.74) is 1.02. The largest absolute Gasteiger partial charge is 0.514 e. The molecule has 0 heterocycles. The number of aliphatic hydroxyl groups excluding tert-OH is 1. The van der Waals surface area contributed by atoms with E-state index in [-0.39, 0.29) is 35.1 Å². The van der Waals surface area contributed by atoms with Crippen molar-refractivity contribution in [1.29, 1.82) is 5.26 Å². The van der Waals surface area contributed by atoms with Crippen LogP contribution in [0.2, 0.25) is 0 Å². The molecule has 55 valence electrons. The summed E-state index contributed by atoms with van der Waals surface area (Å²) < 4.78 is 0. The van der Waals surface area contributed by atoms with Crippen molar-refractivity contribution in [2.75, 3.05) is 0 Å². The average Bonchev–Trinajstić information content (AvgIpc) is 2.09. The fourth-order valence-electron chi connectivity index (χ4n) is 0.786. The summed E-state index contributed by atoms with van der Waals surface area (Å²) in [4.78, 5) is 0. The Morgan fingerprint density at radius 2 is 1.92 bits per heavy atom. The molecular weight excluding hydrogens is 161 g/mol. The second-order valence-electron chi connectivity index (χ2n) is 2.02. The van der Waals surface area contributed by atoms with Crippen LogP contribution in [-0.2, 0) is 0 Å². The first kappa shape index (κ1) is 11.2. The van der Waals surface area contributed by atoms with Gasteiger partial charge in [0.05, 0.1) is 11.8 Å². The van der Waals surface area contributed by atoms with Gasteiger partial charge in [0.15, 0.2) is 0 Å². The van der Waals surface area contributed by atoms with Crippen molar-refractivity contribution in [3.05, 3.63) is 42.2 Å². The molecule has 0 saturated carbocycles. The van der Waals surface area contributed by atoms with Gasteiger partial charge in [-0.1, -0.05) is 30.3 Å². The third-order valence-electron chi connectivity index (χ3n) is 1.33. The maximum absolute atomic E-state index is 8.59. The summed E-state index contributed by atoms with van der Waals surface area (Å²) >= 11 is 0. The molecule has 0 aliphatic rings. The van der Waals surface area contributed by atoms with Crippen LogP contribution in [-0.4, -0.2) is 34.7 Å². The summed E-state index contributed by atoms with van der Waals surface area (Å²) in [6, 6.07) is 10.9. The van der Waals surface area contributed by atoms with Gasteiger partial charge in [0, 0.05) is 29.6 Å². The Morgan fingerprint density at radius 3 is 2.33 bits per heavy atom. The van der Waals surface area contributed by atoms with E-state index < -0.39 is 0 Å². The van der Waals surface area contributed by atoms with Crippen LogP contribution in [0.4, 0.5) is 0 Å². The van der Waals surface area contributed by atoms with Gasteiger partial charge in [0.2, 0.25) is 0 Å². The Bertz CT molecular complexity index is 300. The normalized spacial score (nSPS) is 9.75. The van der Waals surface area contributed by atoms with Crippen LogP contribution in [0, 0.1) is 11.3 Å². The molecule has 0 aliphatic carbocycles. The molecule has 1 rings (SSSR count). The van der Waals surface area contributed by atoms with E-state index in [9.17, 15) is 0 Å². The number of rotatable bonds is 1. The molecule has 0 unspecified atom stereocenters. The Balaban J connectivity index is 0.00000121. The van der Waals surface area contributed by atoms with Gasteiger partial charge < -0.3 is 5.11 Å². The summed E-state index contributed by atoms with van der Waals surface area (Å²) in [5.74, 6) is 0. The van der Waals surface area contributed by atoms with Crippen LogP contribution in [0.5, 0.6) is 0 Å². The quantitative estimate of drug-likeness (QED) is 0.394. The van der Waals surface area contributed by atoms with Crippen LogP contribution >= 0.6 is 0 Å². The SMILES string of the molecule is N#CC(=CO)c1ccccc1.[Na]. The number of hydrogen-bond acceptors (Lipinski definition) is 2. The minimum Gasteiger partial charge on any atom is -0.514 e. The predicted molar refractivity (Wildman–Crippen MR) is 48.4 cm³/mol. The van der Waals surface area contributed by atoms with Crippen LogP contribution in [0.3, 0.4) is 0 Å². The van der Waals surface area contributed by atoms with Crippen molar-refractivity contribution in [3.63, 3.8) is 0 Å². The Hall–Kier alpha value is -0.750. The number of allylic oxidation sites excluding steroid dienone is 1. The topological polar surface area (TPSA) is 44.0 Å². The van der Waals surface area contributed by atoms with Gasteiger partial charge in [-0.15, -0.1) is 0 Å². The smallest absolute Gasteiger partial charge is 0.103 e. The molecular formula is C9H7NNaO. The van der Waals surface area contributed by atoms with E-state index in [0.29, 0.717) is 0 Å². The van der Waals surface area contributed by atoms with E-state index in [4.69, 9.17) is 10.4 Å². The fraction of sp³-hybridized carbons (Fsp3) is 0. The Labute approximate surface area is 93.4 Å². The van der Waals surface area contributed by atoms with E-state index in [2.05, 4.69) is 0 Å². The minimum atomic E-state index is 0. The van der Waals surface area contributed by atoms with Crippen molar-refractivity contribution >= 4 is 35.1 Å². The van der Waals surface area contributed by atoms with Gasteiger partial charge in [-0.2, -0.15) is 5.26 Å². The van der Waals surface area contributed by atoms with Gasteiger partial charge in [-0.25, -0.2) is 0 Å². The molecule has 2 nitrogen and oxygen atoms in total. The maximum Gasteiger partial charge on any atom is 0.103 e. The molecule has 1 aromatic rings. The molecule has 0 amide bonds. The Morgan fingerprint density at radius 1 is 1.33 bits per heavy atom. The van der Waals surface area contributed by atoms with Gasteiger partial charge in [-0.3, -0.25) is 0 Å². The molecule has 0 atom stereocenters. The minimum absolute atomic E-state index is 0. The molecule has 1 radical (unpaired) electrons. The van der Waals surface area contributed by atoms with Gasteiger partial charge in [0.25, 0.3) is 0 Å². The van der Waals surface area contributed by atoms with Gasteiger partial charge in [0.1, 0.15) is 6.07 Å². The number of hydrogen-bond donors (Lipinski definition) is 1. The maximum atomic E-state index is 8.59. The molecule has 1 N–H and O–H groups in total.